The lowest BCUT2D eigenvalue weighted by Crippen LogP contribution is -2.30. The van der Waals surface area contributed by atoms with Gasteiger partial charge in [0.05, 0.1) is 25.3 Å². The highest BCUT2D eigenvalue weighted by Gasteiger charge is 2.34. The predicted octanol–water partition coefficient (Wildman–Crippen LogP) is 4.54. The molecule has 2 N–H and O–H groups in total. The quantitative estimate of drug-likeness (QED) is 0.207. The van der Waals surface area contributed by atoms with E-state index < -0.39 is 17.9 Å². The number of rotatable bonds is 10. The molecule has 0 atom stereocenters. The first kappa shape index (κ1) is 28.2. The van der Waals surface area contributed by atoms with Gasteiger partial charge >= 0.3 is 12.0 Å². The normalized spacial score (nSPS) is 13.8. The number of anilines is 1. The molecular formula is C28H26ClN3O8. The minimum absolute atomic E-state index is 0.00518. The Balaban J connectivity index is 1.47. The van der Waals surface area contributed by atoms with Gasteiger partial charge in [-0.2, -0.15) is 0 Å². The maximum absolute atomic E-state index is 12.9. The molecule has 4 rings (SSSR count). The Morgan fingerprint density at radius 2 is 1.85 bits per heavy atom. The minimum atomic E-state index is -0.676. The number of benzene rings is 2. The number of amides is 4. The number of halogens is 1. The van der Waals surface area contributed by atoms with Gasteiger partial charge < -0.3 is 29.3 Å². The monoisotopic (exact) mass is 567 g/mol. The molecular weight excluding hydrogens is 542 g/mol. The van der Waals surface area contributed by atoms with Crippen LogP contribution in [0.1, 0.15) is 34.4 Å². The Bertz CT molecular complexity index is 1480. The zero-order valence-corrected chi connectivity index (χ0v) is 22.7. The maximum atomic E-state index is 12.9. The molecule has 1 saturated heterocycles. The fourth-order valence-electron chi connectivity index (χ4n) is 3.76. The summed E-state index contributed by atoms with van der Waals surface area (Å²) >= 11 is 6.46. The summed E-state index contributed by atoms with van der Waals surface area (Å²) in [4.78, 5) is 50.3. The van der Waals surface area contributed by atoms with Crippen LogP contribution in [0.15, 0.2) is 58.6 Å². The van der Waals surface area contributed by atoms with E-state index in [0.717, 1.165) is 10.5 Å². The van der Waals surface area contributed by atoms with Crippen molar-refractivity contribution in [2.45, 2.75) is 20.4 Å². The summed E-state index contributed by atoms with van der Waals surface area (Å²) in [5.41, 5.74) is 2.14. The number of methoxy groups -OCH3 is 1. The third-order valence-electron chi connectivity index (χ3n) is 5.65. The second-order valence-corrected chi connectivity index (χ2v) is 9.01. The van der Waals surface area contributed by atoms with Gasteiger partial charge in [0.2, 0.25) is 5.76 Å². The highest BCUT2D eigenvalue weighted by molar-refractivity contribution is 6.32. The molecule has 1 aromatic heterocycles. The van der Waals surface area contributed by atoms with Gasteiger partial charge in [0.25, 0.3) is 11.8 Å². The first-order chi connectivity index (χ1) is 19.2. The maximum Gasteiger partial charge on any atom is 0.373 e. The largest absolute Gasteiger partial charge is 0.490 e. The summed E-state index contributed by atoms with van der Waals surface area (Å²) in [5.74, 6) is -1.08. The summed E-state index contributed by atoms with van der Waals surface area (Å²) in [6.07, 6.45) is 1.44. The molecule has 12 heteroatoms. The molecule has 3 aromatic rings. The second-order valence-electron chi connectivity index (χ2n) is 8.60. The van der Waals surface area contributed by atoms with E-state index in [2.05, 4.69) is 15.4 Å². The number of nitrogens with one attached hydrogen (secondary N) is 2. The number of esters is 1. The Labute approximate surface area is 234 Å². The molecule has 1 fully saturated rings. The minimum Gasteiger partial charge on any atom is -0.490 e. The smallest absolute Gasteiger partial charge is 0.373 e. The first-order valence-corrected chi connectivity index (χ1v) is 12.5. The van der Waals surface area contributed by atoms with Crippen LogP contribution in [0.2, 0.25) is 5.02 Å². The van der Waals surface area contributed by atoms with Crippen LogP contribution in [0.25, 0.3) is 6.08 Å². The van der Waals surface area contributed by atoms with E-state index in [-0.39, 0.29) is 59.4 Å². The summed E-state index contributed by atoms with van der Waals surface area (Å²) in [5, 5.41) is 5.39. The third-order valence-corrected chi connectivity index (χ3v) is 5.93. The molecule has 0 spiro atoms. The average Bonchev–Trinajstić information content (AvgIpc) is 3.49. The molecule has 11 nitrogen and oxygen atoms in total. The Morgan fingerprint density at radius 1 is 1.10 bits per heavy atom. The molecule has 40 heavy (non-hydrogen) atoms. The van der Waals surface area contributed by atoms with Crippen LogP contribution in [-0.2, 0) is 20.9 Å². The number of urea groups is 1. The summed E-state index contributed by atoms with van der Waals surface area (Å²) in [6.45, 7) is 3.49. The number of hydrogen-bond donors (Lipinski definition) is 2. The fraction of sp³-hybridized carbons (Fsp3) is 0.214. The number of imide groups is 1. The van der Waals surface area contributed by atoms with Crippen LogP contribution in [-0.4, -0.2) is 49.0 Å². The molecule has 2 aromatic carbocycles. The molecule has 0 unspecified atom stereocenters. The Morgan fingerprint density at radius 3 is 2.55 bits per heavy atom. The molecule has 208 valence electrons. The molecule has 1 aliphatic rings. The topological polar surface area (TPSA) is 136 Å². The van der Waals surface area contributed by atoms with Crippen molar-refractivity contribution in [3.63, 3.8) is 0 Å². The van der Waals surface area contributed by atoms with Crippen molar-refractivity contribution >= 4 is 47.2 Å². The van der Waals surface area contributed by atoms with Crippen molar-refractivity contribution in [2.75, 3.05) is 25.6 Å². The molecule has 0 aliphatic carbocycles. The summed E-state index contributed by atoms with van der Waals surface area (Å²) in [7, 11) is 1.21. The molecule has 0 bridgehead atoms. The van der Waals surface area contributed by atoms with E-state index >= 15 is 0 Å². The van der Waals surface area contributed by atoms with Crippen molar-refractivity contribution < 1.29 is 37.8 Å². The summed E-state index contributed by atoms with van der Waals surface area (Å²) in [6, 6.07) is 12.6. The van der Waals surface area contributed by atoms with Gasteiger partial charge in [-0.1, -0.05) is 29.3 Å². The molecule has 4 amide bonds. The van der Waals surface area contributed by atoms with Gasteiger partial charge in [-0.3, -0.25) is 14.5 Å². The van der Waals surface area contributed by atoms with E-state index in [1.54, 1.807) is 25.1 Å². The Kier molecular flexibility index (Phi) is 8.75. The Hall–Kier alpha value is -4.77. The van der Waals surface area contributed by atoms with E-state index in [1.165, 1.54) is 31.4 Å². The zero-order chi connectivity index (χ0) is 28.8. The number of aryl methyl sites for hydroxylation is 1. The third kappa shape index (κ3) is 6.62. The SMILES string of the molecule is CCOc1cc(/C=C2\NC(=O)N(Cc3ccc(C(=O)OC)o3)C2=O)cc(Cl)c1OCC(=O)Nc1ccc(C)cc1. The number of hydrogen-bond acceptors (Lipinski definition) is 8. The molecule has 1 aliphatic heterocycles. The van der Waals surface area contributed by atoms with Gasteiger partial charge in [-0.05, 0) is 61.9 Å². The van der Waals surface area contributed by atoms with Crippen molar-refractivity contribution in [3.8, 4) is 11.5 Å². The van der Waals surface area contributed by atoms with Crippen molar-refractivity contribution in [1.82, 2.24) is 10.2 Å². The van der Waals surface area contributed by atoms with Crippen LogP contribution >= 0.6 is 11.6 Å². The number of carbonyl (C=O) groups excluding carboxylic acids is 4. The van der Waals surface area contributed by atoms with E-state index in [4.69, 9.17) is 25.5 Å². The van der Waals surface area contributed by atoms with Gasteiger partial charge in [0.1, 0.15) is 11.5 Å². The molecule has 0 saturated carbocycles. The van der Waals surface area contributed by atoms with E-state index in [9.17, 15) is 19.2 Å². The van der Waals surface area contributed by atoms with Gasteiger partial charge in [0.15, 0.2) is 18.1 Å². The first-order valence-electron chi connectivity index (χ1n) is 12.2. The van der Waals surface area contributed by atoms with Crippen molar-refractivity contribution in [1.29, 1.82) is 0 Å². The number of carbonyl (C=O) groups is 4. The molecule has 2 heterocycles. The van der Waals surface area contributed by atoms with Crippen molar-refractivity contribution in [2.24, 2.45) is 0 Å². The lowest BCUT2D eigenvalue weighted by atomic mass is 10.1. The van der Waals surface area contributed by atoms with Gasteiger partial charge in [-0.15, -0.1) is 0 Å². The standard InChI is InChI=1S/C28H26ClN3O8/c1-4-38-23-13-17(11-20(29)25(23)39-15-24(33)30-18-7-5-16(2)6-8-18)12-21-26(34)32(28(36)31-21)14-19-9-10-22(40-19)27(35)37-3/h5-13H,4,14-15H2,1-3H3,(H,30,33)(H,31,36)/b21-12-. The van der Waals surface area contributed by atoms with Crippen LogP contribution in [0, 0.1) is 6.92 Å². The fourth-order valence-corrected chi connectivity index (χ4v) is 4.03. The highest BCUT2D eigenvalue weighted by atomic mass is 35.5. The average molecular weight is 568 g/mol. The summed E-state index contributed by atoms with van der Waals surface area (Å²) < 4.78 is 21.3. The second kappa shape index (κ2) is 12.4. The number of furan rings is 1. The lowest BCUT2D eigenvalue weighted by molar-refractivity contribution is -0.123. The lowest BCUT2D eigenvalue weighted by Gasteiger charge is -2.14. The zero-order valence-electron chi connectivity index (χ0n) is 21.9. The number of ether oxygens (including phenoxy) is 3. The van der Waals surface area contributed by atoms with Crippen LogP contribution in [0.3, 0.4) is 0 Å². The molecule has 0 radical (unpaired) electrons. The van der Waals surface area contributed by atoms with Gasteiger partial charge in [-0.25, -0.2) is 9.59 Å². The van der Waals surface area contributed by atoms with E-state index in [1.807, 2.05) is 19.1 Å². The van der Waals surface area contributed by atoms with Crippen LogP contribution in [0.5, 0.6) is 11.5 Å². The van der Waals surface area contributed by atoms with Crippen molar-refractivity contribution in [3.05, 3.63) is 81.9 Å². The highest BCUT2D eigenvalue weighted by Crippen LogP contribution is 2.37. The number of nitrogens with zero attached hydrogens (tertiary/aromatic N) is 1. The van der Waals surface area contributed by atoms with Crippen LogP contribution in [0.4, 0.5) is 10.5 Å². The van der Waals surface area contributed by atoms with Gasteiger partial charge in [0, 0.05) is 5.69 Å². The van der Waals surface area contributed by atoms with Crippen LogP contribution < -0.4 is 20.1 Å². The van der Waals surface area contributed by atoms with E-state index in [0.29, 0.717) is 11.3 Å². The predicted molar refractivity (Wildman–Crippen MR) is 145 cm³/mol.